The monoisotopic (exact) mass is 457 g/mol. The van der Waals surface area contributed by atoms with Crippen LogP contribution in [0.15, 0.2) is 34.7 Å². The molecule has 0 bridgehead atoms. The molecule has 3 heterocycles. The molecule has 7 heteroatoms. The summed E-state index contributed by atoms with van der Waals surface area (Å²) in [6.07, 6.45) is 4.41. The summed E-state index contributed by atoms with van der Waals surface area (Å²) < 4.78 is 2.15. The number of nitrogens with zero attached hydrogens (tertiary/aromatic N) is 5. The smallest absolute Gasteiger partial charge is 0.177 e. The third kappa shape index (κ3) is 3.76. The van der Waals surface area contributed by atoms with Crippen LogP contribution in [0.5, 0.6) is 0 Å². The number of rotatable bonds is 3. The maximum absolute atomic E-state index is 9.98. The summed E-state index contributed by atoms with van der Waals surface area (Å²) in [5.41, 5.74) is 4.18. The molecule has 146 valence electrons. The molecule has 2 aliphatic heterocycles. The van der Waals surface area contributed by atoms with E-state index >= 15 is 0 Å². The number of halogens is 1. The van der Waals surface area contributed by atoms with E-state index in [1.165, 1.54) is 17.5 Å². The van der Waals surface area contributed by atoms with Crippen LogP contribution in [0.3, 0.4) is 0 Å². The molecule has 0 spiro atoms. The second-order valence-corrected chi connectivity index (χ2v) is 7.78. The van der Waals surface area contributed by atoms with Crippen LogP contribution in [0.4, 0.5) is 0 Å². The molecule has 1 aromatic heterocycles. The van der Waals surface area contributed by atoms with Gasteiger partial charge in [0, 0.05) is 24.9 Å². The van der Waals surface area contributed by atoms with Crippen LogP contribution in [0.2, 0.25) is 0 Å². The van der Waals surface area contributed by atoms with Crippen molar-refractivity contribution in [2.75, 3.05) is 6.54 Å². The molecule has 2 aromatic rings. The third-order valence-corrected chi connectivity index (χ3v) is 6.13. The van der Waals surface area contributed by atoms with Crippen LogP contribution in [0.1, 0.15) is 49.0 Å². The summed E-state index contributed by atoms with van der Waals surface area (Å²) in [6, 6.07) is 11.0. The Morgan fingerprint density at radius 2 is 1.96 bits per heavy atom. The summed E-state index contributed by atoms with van der Waals surface area (Å²) in [4.78, 5) is 2.21. The molecule has 0 saturated heterocycles. The Kier molecular flexibility index (Phi) is 6.63. The maximum Gasteiger partial charge on any atom is 0.177 e. The first kappa shape index (κ1) is 20.7. The minimum absolute atomic E-state index is 0. The van der Waals surface area contributed by atoms with Gasteiger partial charge in [0.1, 0.15) is 22.5 Å². The van der Waals surface area contributed by atoms with E-state index < -0.39 is 0 Å². The van der Waals surface area contributed by atoms with Gasteiger partial charge >= 0.3 is 0 Å². The van der Waals surface area contributed by atoms with Crippen molar-refractivity contribution in [1.29, 1.82) is 5.26 Å². The van der Waals surface area contributed by atoms with E-state index in [4.69, 9.17) is 0 Å². The number of hydrogen-bond acceptors (Lipinski definition) is 5. The zero-order valence-corrected chi connectivity index (χ0v) is 18.7. The predicted molar refractivity (Wildman–Crippen MR) is 120 cm³/mol. The van der Waals surface area contributed by atoms with Gasteiger partial charge in [-0.2, -0.15) is 5.26 Å². The molecular formula is C21H24BrN5S. The second kappa shape index (κ2) is 8.97. The number of aryl methyl sites for hydroxylation is 2. The molecule has 0 N–H and O–H groups in total. The van der Waals surface area contributed by atoms with E-state index in [2.05, 4.69) is 69.3 Å². The van der Waals surface area contributed by atoms with Crippen molar-refractivity contribution in [3.63, 3.8) is 0 Å². The number of nitriles is 1. The lowest BCUT2D eigenvalue weighted by Gasteiger charge is -2.23. The fourth-order valence-electron chi connectivity index (χ4n) is 3.67. The number of hydrogen-bond donors (Lipinski definition) is 0. The quantitative estimate of drug-likeness (QED) is 0.596. The molecule has 0 unspecified atom stereocenters. The molecule has 28 heavy (non-hydrogen) atoms. The van der Waals surface area contributed by atoms with Crippen molar-refractivity contribution in [3.8, 4) is 6.07 Å². The van der Waals surface area contributed by atoms with Crippen LogP contribution in [-0.4, -0.2) is 26.2 Å². The second-order valence-electron chi connectivity index (χ2n) is 6.93. The van der Waals surface area contributed by atoms with Crippen molar-refractivity contribution in [1.82, 2.24) is 19.7 Å². The third-order valence-electron chi connectivity index (χ3n) is 5.14. The van der Waals surface area contributed by atoms with Crippen molar-refractivity contribution in [2.45, 2.75) is 46.1 Å². The van der Waals surface area contributed by atoms with Gasteiger partial charge in [0.2, 0.25) is 0 Å². The Hall–Kier alpha value is -2.04. The number of aromatic nitrogens is 3. The molecule has 0 saturated carbocycles. The van der Waals surface area contributed by atoms with Crippen molar-refractivity contribution in [2.24, 2.45) is 0 Å². The first-order valence-electron chi connectivity index (χ1n) is 9.51. The zero-order chi connectivity index (χ0) is 18.8. The molecule has 0 aliphatic carbocycles. The van der Waals surface area contributed by atoms with Gasteiger partial charge in [-0.05, 0) is 32.3 Å². The molecule has 0 radical (unpaired) electrons. The Bertz CT molecular complexity index is 952. The van der Waals surface area contributed by atoms with Gasteiger partial charge in [-0.25, -0.2) is 0 Å². The topological polar surface area (TPSA) is 57.7 Å². The van der Waals surface area contributed by atoms with Gasteiger partial charge in [0.25, 0.3) is 0 Å². The predicted octanol–water partition coefficient (Wildman–Crippen LogP) is 5.15. The molecule has 0 atom stereocenters. The molecule has 1 aromatic carbocycles. The Balaban J connectivity index is 0.00000225. The largest absolute Gasteiger partial charge is 0.334 e. The van der Waals surface area contributed by atoms with Crippen molar-refractivity contribution in [3.05, 3.63) is 57.5 Å². The fraction of sp³-hybridized carbons (Fsp3) is 0.381. The summed E-state index contributed by atoms with van der Waals surface area (Å²) >= 11 is 1.61. The van der Waals surface area contributed by atoms with Crippen LogP contribution < -0.4 is 0 Å². The minimum atomic E-state index is 0. The first-order chi connectivity index (χ1) is 13.2. The molecule has 5 nitrogen and oxygen atoms in total. The highest BCUT2D eigenvalue weighted by Gasteiger charge is 2.28. The lowest BCUT2D eigenvalue weighted by atomic mass is 10.1. The van der Waals surface area contributed by atoms with Gasteiger partial charge in [0.05, 0.1) is 5.70 Å². The highest BCUT2D eigenvalue weighted by Crippen LogP contribution is 2.43. The lowest BCUT2D eigenvalue weighted by Crippen LogP contribution is -2.18. The fourth-order valence-corrected chi connectivity index (χ4v) is 4.76. The average Bonchev–Trinajstić information content (AvgIpc) is 3.20. The van der Waals surface area contributed by atoms with Crippen molar-refractivity contribution >= 4 is 40.0 Å². The van der Waals surface area contributed by atoms with E-state index in [-0.39, 0.29) is 17.0 Å². The Morgan fingerprint density at radius 1 is 1.18 bits per heavy atom. The van der Waals surface area contributed by atoms with Crippen LogP contribution >= 0.6 is 28.7 Å². The number of thioether (sulfide) groups is 1. The molecule has 0 amide bonds. The van der Waals surface area contributed by atoms with Crippen LogP contribution in [0, 0.1) is 18.3 Å². The Labute approximate surface area is 180 Å². The first-order valence-corrected chi connectivity index (χ1v) is 10.4. The number of allylic oxidation sites excluding steroid dienone is 1. The van der Waals surface area contributed by atoms with Crippen LogP contribution in [-0.2, 0) is 13.0 Å². The molecule has 0 fully saturated rings. The highest BCUT2D eigenvalue weighted by atomic mass is 79.9. The maximum atomic E-state index is 9.98. The van der Waals surface area contributed by atoms with E-state index in [1.807, 2.05) is 0 Å². The van der Waals surface area contributed by atoms with Crippen molar-refractivity contribution < 1.29 is 0 Å². The molecule has 2 aliphatic rings. The summed E-state index contributed by atoms with van der Waals surface area (Å²) in [6.45, 7) is 5.90. The molecule has 4 rings (SSSR count). The SMILES string of the molecule is Br.CCN1C(c2ccc(C)cc2)=CS/C1=C(/C#N)c1nnc2n1CCCCC2. The standard InChI is InChI=1S/C21H23N5S.BrH/c1-3-25-18(16-10-8-15(2)9-11-16)14-27-21(25)17(13-22)20-24-23-19-7-5-4-6-12-26(19)20;/h8-11,14H,3-7,12H2,1-2H3;1H/b21-17-;. The normalized spacial score (nSPS) is 17.9. The number of fused-ring (bicyclic) bond motifs is 1. The van der Waals surface area contributed by atoms with Gasteiger partial charge < -0.3 is 9.47 Å². The molecular weight excluding hydrogens is 434 g/mol. The zero-order valence-electron chi connectivity index (χ0n) is 16.2. The van der Waals surface area contributed by atoms with E-state index in [0.717, 1.165) is 48.9 Å². The summed E-state index contributed by atoms with van der Waals surface area (Å²) in [5.74, 6) is 1.72. The summed E-state index contributed by atoms with van der Waals surface area (Å²) in [7, 11) is 0. The van der Waals surface area contributed by atoms with E-state index in [0.29, 0.717) is 11.4 Å². The van der Waals surface area contributed by atoms with Gasteiger partial charge in [-0.1, -0.05) is 48.0 Å². The summed E-state index contributed by atoms with van der Waals surface area (Å²) in [5, 5.41) is 21.9. The number of benzene rings is 1. The highest BCUT2D eigenvalue weighted by molar-refractivity contribution is 8.93. The van der Waals surface area contributed by atoms with E-state index in [1.54, 1.807) is 11.8 Å². The van der Waals surface area contributed by atoms with Gasteiger partial charge in [-0.15, -0.1) is 27.2 Å². The van der Waals surface area contributed by atoms with Gasteiger partial charge in [0.15, 0.2) is 5.82 Å². The van der Waals surface area contributed by atoms with Crippen LogP contribution in [0.25, 0.3) is 11.3 Å². The lowest BCUT2D eigenvalue weighted by molar-refractivity contribution is 0.556. The minimum Gasteiger partial charge on any atom is -0.334 e. The van der Waals surface area contributed by atoms with E-state index in [9.17, 15) is 5.26 Å². The Morgan fingerprint density at radius 3 is 2.68 bits per heavy atom. The van der Waals surface area contributed by atoms with Gasteiger partial charge in [-0.3, -0.25) is 0 Å². The average molecular weight is 458 g/mol.